The molecule has 5 aliphatic rings. The van der Waals surface area contributed by atoms with Crippen molar-refractivity contribution in [2.45, 2.75) is 70.9 Å². The summed E-state index contributed by atoms with van der Waals surface area (Å²) in [7, 11) is 0. The van der Waals surface area contributed by atoms with Crippen LogP contribution in [0.25, 0.3) is 0 Å². The van der Waals surface area contributed by atoms with Crippen LogP contribution in [0.15, 0.2) is 0 Å². The van der Waals surface area contributed by atoms with Gasteiger partial charge in [-0.05, 0) is 26.7 Å². The quantitative estimate of drug-likeness (QED) is 0.478. The number of ether oxygens (including phenoxy) is 4. The van der Waals surface area contributed by atoms with Gasteiger partial charge in [-0.2, -0.15) is 0 Å². The summed E-state index contributed by atoms with van der Waals surface area (Å²) in [5.41, 5.74) is -4.58. The van der Waals surface area contributed by atoms with Gasteiger partial charge >= 0.3 is 17.9 Å². The molecule has 0 aromatic carbocycles. The van der Waals surface area contributed by atoms with Gasteiger partial charge in [0, 0.05) is 25.2 Å². The van der Waals surface area contributed by atoms with E-state index >= 15 is 0 Å². The zero-order chi connectivity index (χ0) is 19.0. The van der Waals surface area contributed by atoms with Gasteiger partial charge < -0.3 is 18.9 Å². The molecule has 0 amide bonds. The summed E-state index contributed by atoms with van der Waals surface area (Å²) < 4.78 is 23.5. The first-order valence-electron chi connectivity index (χ1n) is 9.23. The number of carbonyl (C=O) groups is 3. The van der Waals surface area contributed by atoms with Crippen molar-refractivity contribution in [3.8, 4) is 0 Å². The SMILES string of the molecule is CC1(C)OC(=O)[C@]2(C)[C@@H]3CC(=O)O[C@]45COC(=O)[C@@]4(C)CCC2(O1)[C@]35C. The Hall–Kier alpha value is -1.63. The van der Waals surface area contributed by atoms with E-state index in [9.17, 15) is 14.4 Å². The molecule has 7 nitrogen and oxygen atoms in total. The normalized spacial score (nSPS) is 56.2. The highest BCUT2D eigenvalue weighted by atomic mass is 16.7. The summed E-state index contributed by atoms with van der Waals surface area (Å²) in [5, 5.41) is 0. The van der Waals surface area contributed by atoms with Crippen molar-refractivity contribution in [3.05, 3.63) is 0 Å². The number of esters is 3. The molecule has 26 heavy (non-hydrogen) atoms. The molecule has 5 fully saturated rings. The first kappa shape index (κ1) is 16.5. The molecule has 3 heterocycles. The molecule has 6 atom stereocenters. The number of cyclic esters (lactones) is 2. The third-order valence-corrected chi connectivity index (χ3v) is 8.48. The zero-order valence-electron chi connectivity index (χ0n) is 15.8. The van der Waals surface area contributed by atoms with Crippen LogP contribution in [0.1, 0.15) is 53.9 Å². The highest BCUT2D eigenvalue weighted by Gasteiger charge is 2.94. The maximum Gasteiger partial charge on any atom is 0.317 e. The van der Waals surface area contributed by atoms with E-state index in [0.29, 0.717) is 12.8 Å². The zero-order valence-corrected chi connectivity index (χ0v) is 15.8. The Bertz CT molecular complexity index is 789. The lowest BCUT2D eigenvalue weighted by atomic mass is 9.26. The predicted molar refractivity (Wildman–Crippen MR) is 85.4 cm³/mol. The lowest BCUT2D eigenvalue weighted by Gasteiger charge is -2.81. The lowest BCUT2D eigenvalue weighted by molar-refractivity contribution is -0.467. The summed E-state index contributed by atoms with van der Waals surface area (Å²) in [5.74, 6) is -2.48. The molecule has 142 valence electrons. The first-order chi connectivity index (χ1) is 11.9. The molecular weight excluding hydrogens is 340 g/mol. The Morgan fingerprint density at radius 1 is 0.885 bits per heavy atom. The fourth-order valence-electron chi connectivity index (χ4n) is 7.23. The maximum absolute atomic E-state index is 13.1. The van der Waals surface area contributed by atoms with E-state index in [-0.39, 0.29) is 30.9 Å². The Kier molecular flexibility index (Phi) is 2.52. The highest BCUT2D eigenvalue weighted by Crippen LogP contribution is 2.83. The van der Waals surface area contributed by atoms with Crippen LogP contribution in [-0.4, -0.2) is 41.5 Å². The van der Waals surface area contributed by atoms with E-state index in [0.717, 1.165) is 0 Å². The van der Waals surface area contributed by atoms with Crippen LogP contribution in [0.2, 0.25) is 0 Å². The van der Waals surface area contributed by atoms with Crippen molar-refractivity contribution in [3.63, 3.8) is 0 Å². The Morgan fingerprint density at radius 2 is 1.58 bits per heavy atom. The van der Waals surface area contributed by atoms with Crippen molar-refractivity contribution < 1.29 is 33.3 Å². The minimum atomic E-state index is -1.12. The topological polar surface area (TPSA) is 88.1 Å². The number of fused-ring (bicyclic) bond motifs is 1. The summed E-state index contributed by atoms with van der Waals surface area (Å²) in [6.07, 6.45) is 1.06. The second kappa shape index (κ2) is 3.96. The van der Waals surface area contributed by atoms with Crippen molar-refractivity contribution >= 4 is 17.9 Å². The molecule has 0 aromatic heterocycles. The third-order valence-electron chi connectivity index (χ3n) is 8.48. The summed E-state index contributed by atoms with van der Waals surface area (Å²) in [6, 6.07) is 0. The van der Waals surface area contributed by atoms with E-state index in [1.54, 1.807) is 13.8 Å². The fraction of sp³-hybridized carbons (Fsp3) is 0.842. The Balaban J connectivity index is 1.79. The minimum Gasteiger partial charge on any atom is -0.461 e. The highest BCUT2D eigenvalue weighted by molar-refractivity contribution is 5.89. The number of carbonyl (C=O) groups excluding carboxylic acids is 3. The molecule has 2 saturated carbocycles. The molecule has 0 bridgehead atoms. The van der Waals surface area contributed by atoms with Crippen LogP contribution in [-0.2, 0) is 33.3 Å². The second-order valence-corrected chi connectivity index (χ2v) is 9.59. The van der Waals surface area contributed by atoms with Crippen molar-refractivity contribution in [2.75, 3.05) is 6.61 Å². The third kappa shape index (κ3) is 1.22. The largest absolute Gasteiger partial charge is 0.461 e. The van der Waals surface area contributed by atoms with Gasteiger partial charge in [-0.15, -0.1) is 0 Å². The molecule has 3 aliphatic heterocycles. The minimum absolute atomic E-state index is 0.0116. The van der Waals surface area contributed by atoms with Gasteiger partial charge in [0.05, 0.1) is 17.4 Å². The van der Waals surface area contributed by atoms with Gasteiger partial charge in [0.2, 0.25) is 5.79 Å². The number of hydrogen-bond donors (Lipinski definition) is 0. The average molecular weight is 364 g/mol. The number of hydrogen-bond acceptors (Lipinski definition) is 7. The van der Waals surface area contributed by atoms with E-state index in [2.05, 4.69) is 0 Å². The smallest absolute Gasteiger partial charge is 0.317 e. The lowest BCUT2D eigenvalue weighted by Crippen LogP contribution is -2.92. The van der Waals surface area contributed by atoms with Crippen molar-refractivity contribution in [1.82, 2.24) is 0 Å². The van der Waals surface area contributed by atoms with Crippen LogP contribution >= 0.6 is 0 Å². The van der Waals surface area contributed by atoms with Gasteiger partial charge in [0.1, 0.15) is 12.0 Å². The van der Waals surface area contributed by atoms with Gasteiger partial charge in [0.25, 0.3) is 0 Å². The summed E-state index contributed by atoms with van der Waals surface area (Å²) in [4.78, 5) is 38.3. The van der Waals surface area contributed by atoms with Gasteiger partial charge in [-0.25, -0.2) is 0 Å². The molecule has 5 rings (SSSR count). The van der Waals surface area contributed by atoms with Crippen LogP contribution in [0.4, 0.5) is 0 Å². The molecule has 0 aromatic rings. The number of rotatable bonds is 0. The van der Waals surface area contributed by atoms with Crippen molar-refractivity contribution in [1.29, 1.82) is 0 Å². The molecule has 0 radical (unpaired) electrons. The average Bonchev–Trinajstić information content (AvgIpc) is 2.79. The summed E-state index contributed by atoms with van der Waals surface area (Å²) >= 11 is 0. The van der Waals surface area contributed by atoms with E-state index in [1.807, 2.05) is 20.8 Å². The van der Waals surface area contributed by atoms with Gasteiger partial charge in [0.15, 0.2) is 5.60 Å². The van der Waals surface area contributed by atoms with Gasteiger partial charge in [-0.3, -0.25) is 14.4 Å². The Morgan fingerprint density at radius 3 is 2.27 bits per heavy atom. The molecule has 1 unspecified atom stereocenters. The summed E-state index contributed by atoms with van der Waals surface area (Å²) in [6.45, 7) is 9.11. The van der Waals surface area contributed by atoms with Crippen molar-refractivity contribution in [2.24, 2.45) is 22.2 Å². The van der Waals surface area contributed by atoms with Gasteiger partial charge in [-0.1, -0.05) is 6.92 Å². The molecule has 3 saturated heterocycles. The second-order valence-electron chi connectivity index (χ2n) is 9.59. The van der Waals surface area contributed by atoms with Crippen LogP contribution < -0.4 is 0 Å². The fourth-order valence-corrected chi connectivity index (χ4v) is 7.23. The first-order valence-corrected chi connectivity index (χ1v) is 9.23. The van der Waals surface area contributed by atoms with E-state index in [4.69, 9.17) is 18.9 Å². The molecule has 7 heteroatoms. The standard InChI is InChI=1S/C19H24O7/c1-14(2)25-13(22)16(4)10-8-11(20)24-19-9-23-12(21)15(19,3)6-7-18(16,26-14)17(10,19)5/h10H,6-9H2,1-5H3/t10-,15+,16-,17-,18?,19+/m0/s1. The Labute approximate surface area is 151 Å². The van der Waals surface area contributed by atoms with Crippen LogP contribution in [0.3, 0.4) is 0 Å². The van der Waals surface area contributed by atoms with Crippen LogP contribution in [0, 0.1) is 22.2 Å². The maximum atomic E-state index is 13.1. The van der Waals surface area contributed by atoms with E-state index < -0.39 is 39.2 Å². The molecule has 2 aliphatic carbocycles. The van der Waals surface area contributed by atoms with Crippen LogP contribution in [0.5, 0.6) is 0 Å². The molecular formula is C19H24O7. The van der Waals surface area contributed by atoms with E-state index in [1.165, 1.54) is 0 Å². The predicted octanol–water partition coefficient (Wildman–Crippen LogP) is 1.72. The molecule has 0 N–H and O–H groups in total. The monoisotopic (exact) mass is 364 g/mol. The molecule has 2 spiro atoms.